The van der Waals surface area contributed by atoms with Crippen molar-refractivity contribution in [1.29, 1.82) is 0 Å². The molecule has 1 aliphatic rings. The van der Waals surface area contributed by atoms with Crippen molar-refractivity contribution in [2.75, 3.05) is 13.6 Å². The van der Waals surface area contributed by atoms with Gasteiger partial charge in [0.1, 0.15) is 10.5 Å². The van der Waals surface area contributed by atoms with Crippen molar-refractivity contribution in [1.82, 2.24) is 15.1 Å². The van der Waals surface area contributed by atoms with E-state index in [1.54, 1.807) is 11.3 Å². The molecule has 1 aromatic rings. The highest BCUT2D eigenvalue weighted by Crippen LogP contribution is 2.30. The third-order valence-corrected chi connectivity index (χ3v) is 2.98. The second-order valence-electron chi connectivity index (χ2n) is 2.92. The summed E-state index contributed by atoms with van der Waals surface area (Å²) in [5.41, 5.74) is 1.81. The Balaban J connectivity index is 2.16. The molecule has 1 atom stereocenters. The van der Waals surface area contributed by atoms with Gasteiger partial charge < -0.3 is 0 Å². The standard InChI is InChI=1S/C7H11N3S/c1-10-4-2-3-6(10)7-9-8-5-11-7/h5-6H,2-4H2,1H3/t6-/m0/s1. The molecule has 1 aromatic heterocycles. The monoisotopic (exact) mass is 169 g/mol. The maximum absolute atomic E-state index is 4.08. The van der Waals surface area contributed by atoms with Crippen LogP contribution in [0.2, 0.25) is 0 Å². The Hall–Kier alpha value is -0.480. The fourth-order valence-electron chi connectivity index (χ4n) is 1.55. The lowest BCUT2D eigenvalue weighted by Crippen LogP contribution is -2.17. The minimum absolute atomic E-state index is 0.544. The first-order valence-corrected chi connectivity index (χ1v) is 4.72. The van der Waals surface area contributed by atoms with Gasteiger partial charge in [-0.25, -0.2) is 0 Å². The van der Waals surface area contributed by atoms with Crippen molar-refractivity contribution < 1.29 is 0 Å². The summed E-state index contributed by atoms with van der Waals surface area (Å²) >= 11 is 1.66. The number of hydrogen-bond acceptors (Lipinski definition) is 4. The third-order valence-electron chi connectivity index (χ3n) is 2.18. The molecule has 1 saturated heterocycles. The number of aromatic nitrogens is 2. The van der Waals surface area contributed by atoms with Gasteiger partial charge in [0.15, 0.2) is 0 Å². The molecule has 2 rings (SSSR count). The zero-order chi connectivity index (χ0) is 7.68. The van der Waals surface area contributed by atoms with E-state index in [2.05, 4.69) is 22.1 Å². The van der Waals surface area contributed by atoms with Crippen LogP contribution < -0.4 is 0 Å². The Labute approximate surface area is 70.1 Å². The Morgan fingerprint density at radius 3 is 3.18 bits per heavy atom. The van der Waals surface area contributed by atoms with Crippen LogP contribution in [0.4, 0.5) is 0 Å². The fourth-order valence-corrected chi connectivity index (χ4v) is 2.30. The van der Waals surface area contributed by atoms with Gasteiger partial charge in [0.25, 0.3) is 0 Å². The number of rotatable bonds is 1. The lowest BCUT2D eigenvalue weighted by Gasteiger charge is -2.15. The number of nitrogens with zero attached hydrogens (tertiary/aromatic N) is 3. The first-order valence-electron chi connectivity index (χ1n) is 3.84. The average Bonchev–Trinajstić information content (AvgIpc) is 2.55. The molecule has 1 aliphatic heterocycles. The lowest BCUT2D eigenvalue weighted by molar-refractivity contribution is 0.315. The lowest BCUT2D eigenvalue weighted by atomic mass is 10.2. The maximum atomic E-state index is 4.08. The molecule has 0 N–H and O–H groups in total. The van der Waals surface area contributed by atoms with E-state index in [0.29, 0.717) is 6.04 Å². The van der Waals surface area contributed by atoms with Gasteiger partial charge in [-0.05, 0) is 26.4 Å². The van der Waals surface area contributed by atoms with Crippen LogP contribution >= 0.6 is 11.3 Å². The van der Waals surface area contributed by atoms with Gasteiger partial charge in [0.2, 0.25) is 0 Å². The van der Waals surface area contributed by atoms with E-state index >= 15 is 0 Å². The van der Waals surface area contributed by atoms with Crippen LogP contribution in [0.5, 0.6) is 0 Å². The molecule has 0 saturated carbocycles. The number of likely N-dealkylation sites (tertiary alicyclic amines) is 1. The molecule has 11 heavy (non-hydrogen) atoms. The minimum atomic E-state index is 0.544. The van der Waals surface area contributed by atoms with E-state index in [1.165, 1.54) is 24.4 Å². The van der Waals surface area contributed by atoms with E-state index in [0.717, 1.165) is 0 Å². The normalized spacial score (nSPS) is 26.1. The molecule has 0 amide bonds. The van der Waals surface area contributed by atoms with Crippen LogP contribution in [-0.4, -0.2) is 28.7 Å². The maximum Gasteiger partial charge on any atom is 0.134 e. The molecule has 4 heteroatoms. The molecule has 60 valence electrons. The first-order chi connectivity index (χ1) is 5.38. The van der Waals surface area contributed by atoms with Gasteiger partial charge in [-0.3, -0.25) is 4.90 Å². The second kappa shape index (κ2) is 2.87. The van der Waals surface area contributed by atoms with Gasteiger partial charge in [-0.2, -0.15) is 0 Å². The number of hydrogen-bond donors (Lipinski definition) is 0. The van der Waals surface area contributed by atoms with Gasteiger partial charge >= 0.3 is 0 Å². The highest BCUT2D eigenvalue weighted by molar-refractivity contribution is 7.09. The molecular formula is C7H11N3S. The molecule has 0 aliphatic carbocycles. The molecule has 0 aromatic carbocycles. The van der Waals surface area contributed by atoms with Crippen LogP contribution in [-0.2, 0) is 0 Å². The summed E-state index contributed by atoms with van der Waals surface area (Å²) in [7, 11) is 2.15. The first kappa shape index (κ1) is 7.18. The van der Waals surface area contributed by atoms with Crippen molar-refractivity contribution >= 4 is 11.3 Å². The summed E-state index contributed by atoms with van der Waals surface area (Å²) in [6.07, 6.45) is 2.53. The predicted octanol–water partition coefficient (Wildman–Crippen LogP) is 1.30. The topological polar surface area (TPSA) is 29.0 Å². The van der Waals surface area contributed by atoms with Gasteiger partial charge in [-0.15, -0.1) is 21.5 Å². The Kier molecular flexibility index (Phi) is 1.87. The highest BCUT2D eigenvalue weighted by Gasteiger charge is 2.24. The van der Waals surface area contributed by atoms with Crippen molar-refractivity contribution in [3.63, 3.8) is 0 Å². The van der Waals surface area contributed by atoms with Crippen molar-refractivity contribution in [2.24, 2.45) is 0 Å². The minimum Gasteiger partial charge on any atom is -0.297 e. The third kappa shape index (κ3) is 1.28. The van der Waals surface area contributed by atoms with E-state index in [9.17, 15) is 0 Å². The van der Waals surface area contributed by atoms with Gasteiger partial charge in [-0.1, -0.05) is 0 Å². The van der Waals surface area contributed by atoms with Gasteiger partial charge in [0, 0.05) is 0 Å². The smallest absolute Gasteiger partial charge is 0.134 e. The molecule has 0 bridgehead atoms. The Morgan fingerprint density at radius 1 is 1.73 bits per heavy atom. The van der Waals surface area contributed by atoms with Crippen LogP contribution in [0.3, 0.4) is 0 Å². The molecule has 0 radical (unpaired) electrons. The molecule has 3 nitrogen and oxygen atoms in total. The van der Waals surface area contributed by atoms with Crippen molar-refractivity contribution in [3.8, 4) is 0 Å². The molecule has 0 spiro atoms. The molecule has 1 fully saturated rings. The van der Waals surface area contributed by atoms with E-state index < -0.39 is 0 Å². The fraction of sp³-hybridized carbons (Fsp3) is 0.714. The van der Waals surface area contributed by atoms with Crippen LogP contribution in [0.15, 0.2) is 5.51 Å². The van der Waals surface area contributed by atoms with Crippen molar-refractivity contribution in [2.45, 2.75) is 18.9 Å². The summed E-state index contributed by atoms with van der Waals surface area (Å²) in [5.74, 6) is 0. The molecule has 2 heterocycles. The average molecular weight is 169 g/mol. The molecule has 0 unspecified atom stereocenters. The predicted molar refractivity (Wildman–Crippen MR) is 44.5 cm³/mol. The zero-order valence-electron chi connectivity index (χ0n) is 6.53. The van der Waals surface area contributed by atoms with Crippen molar-refractivity contribution in [3.05, 3.63) is 10.5 Å². The zero-order valence-corrected chi connectivity index (χ0v) is 7.34. The highest BCUT2D eigenvalue weighted by atomic mass is 32.1. The van der Waals surface area contributed by atoms with E-state index in [1.807, 2.05) is 5.51 Å². The SMILES string of the molecule is CN1CCC[C@H]1c1nncs1. The summed E-state index contributed by atoms with van der Waals surface area (Å²) < 4.78 is 0. The van der Waals surface area contributed by atoms with Gasteiger partial charge in [0.05, 0.1) is 6.04 Å². The Morgan fingerprint density at radius 2 is 2.64 bits per heavy atom. The summed E-state index contributed by atoms with van der Waals surface area (Å²) in [4.78, 5) is 2.35. The Bertz CT molecular complexity index is 222. The van der Waals surface area contributed by atoms with Crippen LogP contribution in [0, 0.1) is 0 Å². The summed E-state index contributed by atoms with van der Waals surface area (Å²) in [6.45, 7) is 1.20. The quantitative estimate of drug-likeness (QED) is 0.634. The second-order valence-corrected chi connectivity index (χ2v) is 3.78. The van der Waals surface area contributed by atoms with Crippen LogP contribution in [0.1, 0.15) is 23.9 Å². The van der Waals surface area contributed by atoms with E-state index in [-0.39, 0.29) is 0 Å². The summed E-state index contributed by atoms with van der Waals surface area (Å²) in [5, 5.41) is 9.09. The van der Waals surface area contributed by atoms with E-state index in [4.69, 9.17) is 0 Å². The van der Waals surface area contributed by atoms with Crippen LogP contribution in [0.25, 0.3) is 0 Å². The summed E-state index contributed by atoms with van der Waals surface area (Å²) in [6, 6.07) is 0.544. The largest absolute Gasteiger partial charge is 0.297 e. The molecular weight excluding hydrogens is 158 g/mol.